The molecule has 27 heavy (non-hydrogen) atoms. The highest BCUT2D eigenvalue weighted by molar-refractivity contribution is 7.10. The zero-order valence-corrected chi connectivity index (χ0v) is 16.8. The second kappa shape index (κ2) is 9.34. The summed E-state index contributed by atoms with van der Waals surface area (Å²) in [5, 5.41) is 7.68. The van der Waals surface area contributed by atoms with Gasteiger partial charge in [0.15, 0.2) is 0 Å². The third kappa shape index (κ3) is 4.88. The summed E-state index contributed by atoms with van der Waals surface area (Å²) in [6.07, 6.45) is 1.16. The minimum absolute atomic E-state index is 0.277. The highest BCUT2D eigenvalue weighted by Crippen LogP contribution is 2.31. The van der Waals surface area contributed by atoms with Crippen LogP contribution in [-0.4, -0.2) is 67.7 Å². The van der Waals surface area contributed by atoms with E-state index in [2.05, 4.69) is 27.4 Å². The van der Waals surface area contributed by atoms with Crippen molar-refractivity contribution in [3.8, 4) is 0 Å². The quantitative estimate of drug-likeness (QED) is 0.694. The zero-order valence-electron chi connectivity index (χ0n) is 16.0. The Kier molecular flexibility index (Phi) is 6.87. The van der Waals surface area contributed by atoms with Crippen LogP contribution in [-0.2, 0) is 9.53 Å². The van der Waals surface area contributed by atoms with Crippen LogP contribution in [0.2, 0.25) is 0 Å². The first-order chi connectivity index (χ1) is 13.1. The van der Waals surface area contributed by atoms with Crippen molar-refractivity contribution in [3.63, 3.8) is 0 Å². The number of piperazine rings is 1. The first-order valence-electron chi connectivity index (χ1n) is 9.58. The van der Waals surface area contributed by atoms with Crippen LogP contribution in [0.5, 0.6) is 0 Å². The first-order valence-corrected chi connectivity index (χ1v) is 10.5. The molecule has 1 fully saturated rings. The molecule has 1 aromatic heterocycles. The van der Waals surface area contributed by atoms with Crippen LogP contribution < -0.4 is 10.6 Å². The van der Waals surface area contributed by atoms with Gasteiger partial charge in [0.25, 0.3) is 0 Å². The number of rotatable bonds is 7. The van der Waals surface area contributed by atoms with Crippen molar-refractivity contribution in [3.05, 3.63) is 33.7 Å². The molecule has 148 valence electrons. The molecule has 1 saturated heterocycles. The van der Waals surface area contributed by atoms with Crippen LogP contribution in [0.4, 0.5) is 4.79 Å². The molecule has 3 heterocycles. The van der Waals surface area contributed by atoms with E-state index < -0.39 is 6.04 Å². The lowest BCUT2D eigenvalue weighted by atomic mass is 10.0. The van der Waals surface area contributed by atoms with Crippen molar-refractivity contribution in [2.75, 3.05) is 45.9 Å². The monoisotopic (exact) mass is 392 g/mol. The number of carbonyl (C=O) groups is 2. The first kappa shape index (κ1) is 19.9. The van der Waals surface area contributed by atoms with Crippen molar-refractivity contribution in [2.24, 2.45) is 0 Å². The van der Waals surface area contributed by atoms with Gasteiger partial charge in [0, 0.05) is 43.3 Å². The Balaban J connectivity index is 1.82. The predicted molar refractivity (Wildman–Crippen MR) is 106 cm³/mol. The molecule has 3 rings (SSSR count). The SMILES string of the molecule is CCCN1CCN(CC2=C(C(=O)OCC)[C@@H](c3cccs3)NC(=O)N2)CC1. The van der Waals surface area contributed by atoms with E-state index in [1.807, 2.05) is 17.5 Å². The summed E-state index contributed by atoms with van der Waals surface area (Å²) in [6, 6.07) is 3.11. The number of nitrogens with zero attached hydrogens (tertiary/aromatic N) is 2. The molecule has 0 unspecified atom stereocenters. The minimum Gasteiger partial charge on any atom is -0.463 e. The molecule has 0 aliphatic carbocycles. The number of amides is 2. The van der Waals surface area contributed by atoms with Crippen LogP contribution in [0.3, 0.4) is 0 Å². The fourth-order valence-electron chi connectivity index (χ4n) is 3.57. The molecule has 0 saturated carbocycles. The average molecular weight is 393 g/mol. The Morgan fingerprint density at radius 2 is 2.00 bits per heavy atom. The molecule has 1 aromatic rings. The molecule has 2 aliphatic rings. The van der Waals surface area contributed by atoms with E-state index in [0.29, 0.717) is 24.4 Å². The molecule has 8 heteroatoms. The highest BCUT2D eigenvalue weighted by atomic mass is 32.1. The van der Waals surface area contributed by atoms with Crippen LogP contribution in [0.1, 0.15) is 31.2 Å². The van der Waals surface area contributed by atoms with Gasteiger partial charge in [-0.1, -0.05) is 13.0 Å². The van der Waals surface area contributed by atoms with Crippen molar-refractivity contribution in [1.82, 2.24) is 20.4 Å². The van der Waals surface area contributed by atoms with E-state index in [1.165, 1.54) is 11.3 Å². The molecule has 0 bridgehead atoms. The molecule has 2 aliphatic heterocycles. The maximum Gasteiger partial charge on any atom is 0.338 e. The Morgan fingerprint density at radius 1 is 1.26 bits per heavy atom. The minimum atomic E-state index is -0.464. The number of esters is 1. The summed E-state index contributed by atoms with van der Waals surface area (Å²) in [6.45, 7) is 9.82. The number of ether oxygens (including phenoxy) is 1. The molecule has 0 spiro atoms. The van der Waals surface area contributed by atoms with Gasteiger partial charge in [-0.3, -0.25) is 4.90 Å². The van der Waals surface area contributed by atoms with Gasteiger partial charge < -0.3 is 20.3 Å². The van der Waals surface area contributed by atoms with Crippen LogP contribution >= 0.6 is 11.3 Å². The summed E-state index contributed by atoms with van der Waals surface area (Å²) in [4.78, 5) is 30.6. The smallest absolute Gasteiger partial charge is 0.338 e. The van der Waals surface area contributed by atoms with Crippen LogP contribution in [0, 0.1) is 0 Å². The van der Waals surface area contributed by atoms with Crippen LogP contribution in [0.15, 0.2) is 28.8 Å². The Bertz CT molecular complexity index is 681. The van der Waals surface area contributed by atoms with Crippen molar-refractivity contribution in [1.29, 1.82) is 0 Å². The van der Waals surface area contributed by atoms with Crippen molar-refractivity contribution in [2.45, 2.75) is 26.3 Å². The second-order valence-electron chi connectivity index (χ2n) is 6.78. The number of nitrogens with one attached hydrogen (secondary N) is 2. The van der Waals surface area contributed by atoms with Crippen molar-refractivity contribution < 1.29 is 14.3 Å². The lowest BCUT2D eigenvalue weighted by molar-refractivity contribution is -0.139. The molecular weight excluding hydrogens is 364 g/mol. The summed E-state index contributed by atoms with van der Waals surface area (Å²) in [5.41, 5.74) is 1.16. The van der Waals surface area contributed by atoms with E-state index >= 15 is 0 Å². The van der Waals surface area contributed by atoms with Gasteiger partial charge in [-0.15, -0.1) is 11.3 Å². The summed E-state index contributed by atoms with van der Waals surface area (Å²) in [7, 11) is 0. The van der Waals surface area contributed by atoms with E-state index in [9.17, 15) is 9.59 Å². The molecule has 2 N–H and O–H groups in total. The Labute approximate surface area is 164 Å². The third-order valence-electron chi connectivity index (χ3n) is 4.86. The third-order valence-corrected chi connectivity index (χ3v) is 5.80. The van der Waals surface area contributed by atoms with Gasteiger partial charge in [0.05, 0.1) is 18.2 Å². The fraction of sp³-hybridized carbons (Fsp3) is 0.579. The summed E-state index contributed by atoms with van der Waals surface area (Å²) >= 11 is 1.52. The highest BCUT2D eigenvalue weighted by Gasteiger charge is 2.35. The molecule has 2 amide bonds. The Hall–Kier alpha value is -1.90. The predicted octanol–water partition coefficient (Wildman–Crippen LogP) is 1.95. The number of urea groups is 1. The Morgan fingerprint density at radius 3 is 2.63 bits per heavy atom. The molecule has 0 radical (unpaired) electrons. The average Bonchev–Trinajstić information content (AvgIpc) is 3.18. The van der Waals surface area contributed by atoms with Gasteiger partial charge in [-0.2, -0.15) is 0 Å². The standard InChI is InChI=1S/C19H28N4O3S/c1-3-7-22-8-10-23(11-9-22)13-14-16(18(24)26-4-2)17(21-19(25)20-14)15-6-5-12-27-15/h5-6,12,17H,3-4,7-11,13H2,1-2H3,(H2,20,21,25)/t17-/m1/s1. The van der Waals surface area contributed by atoms with E-state index in [1.54, 1.807) is 6.92 Å². The molecule has 1 atom stereocenters. The summed E-state index contributed by atoms with van der Waals surface area (Å²) < 4.78 is 5.30. The molecular formula is C19H28N4O3S. The lowest BCUT2D eigenvalue weighted by Gasteiger charge is -2.36. The number of hydrogen-bond donors (Lipinski definition) is 2. The summed E-state index contributed by atoms with van der Waals surface area (Å²) in [5.74, 6) is -0.372. The largest absolute Gasteiger partial charge is 0.463 e. The van der Waals surface area contributed by atoms with Gasteiger partial charge in [-0.05, 0) is 31.3 Å². The van der Waals surface area contributed by atoms with Crippen molar-refractivity contribution >= 4 is 23.3 Å². The van der Waals surface area contributed by atoms with Gasteiger partial charge in [0.1, 0.15) is 0 Å². The van der Waals surface area contributed by atoms with E-state index in [0.717, 1.165) is 44.0 Å². The normalized spacial score (nSPS) is 21.7. The topological polar surface area (TPSA) is 73.9 Å². The van der Waals surface area contributed by atoms with E-state index in [4.69, 9.17) is 4.74 Å². The number of carbonyl (C=O) groups excluding carboxylic acids is 2. The van der Waals surface area contributed by atoms with Gasteiger partial charge in [-0.25, -0.2) is 9.59 Å². The maximum atomic E-state index is 12.7. The van der Waals surface area contributed by atoms with Crippen LogP contribution in [0.25, 0.3) is 0 Å². The van der Waals surface area contributed by atoms with Gasteiger partial charge in [0.2, 0.25) is 0 Å². The fourth-order valence-corrected chi connectivity index (χ4v) is 4.36. The molecule has 7 nitrogen and oxygen atoms in total. The lowest BCUT2D eigenvalue weighted by Crippen LogP contribution is -2.51. The number of hydrogen-bond acceptors (Lipinski definition) is 6. The van der Waals surface area contributed by atoms with E-state index in [-0.39, 0.29) is 12.0 Å². The number of thiophene rings is 1. The maximum absolute atomic E-state index is 12.7. The molecule has 0 aromatic carbocycles. The zero-order chi connectivity index (χ0) is 19.2. The van der Waals surface area contributed by atoms with Gasteiger partial charge >= 0.3 is 12.0 Å². The second-order valence-corrected chi connectivity index (χ2v) is 7.76.